The fraction of sp³-hybridized carbons (Fsp3) is 0.613. The van der Waals surface area contributed by atoms with Crippen molar-refractivity contribution in [3.8, 4) is 0 Å². The van der Waals surface area contributed by atoms with Crippen molar-refractivity contribution < 1.29 is 43.8 Å². The monoisotopic (exact) mass is 637 g/mol. The summed E-state index contributed by atoms with van der Waals surface area (Å²) >= 11 is 0. The van der Waals surface area contributed by atoms with Gasteiger partial charge >= 0.3 is 0 Å². The van der Waals surface area contributed by atoms with Crippen LogP contribution in [0.4, 0.5) is 11.4 Å². The molecule has 12 nitrogen and oxygen atoms in total. The molecule has 8 N–H and O–H groups in total. The predicted octanol–water partition coefficient (Wildman–Crippen LogP) is 0.697. The molecule has 0 amide bonds. The van der Waals surface area contributed by atoms with Gasteiger partial charge in [0, 0.05) is 36.8 Å². The molecular formula is C31H47N3O9S. The second-order valence-corrected chi connectivity index (χ2v) is 14.2. The first-order valence-corrected chi connectivity index (χ1v) is 16.8. The molecule has 246 valence electrons. The third kappa shape index (κ3) is 6.91. The molecule has 0 aliphatic carbocycles. The van der Waals surface area contributed by atoms with Crippen LogP contribution in [0.15, 0.2) is 47.4 Å². The molecule has 2 aliphatic rings. The molecule has 2 unspecified atom stereocenters. The van der Waals surface area contributed by atoms with E-state index in [2.05, 4.69) is 10.6 Å². The van der Waals surface area contributed by atoms with Crippen molar-refractivity contribution in [3.63, 3.8) is 0 Å². The quantitative estimate of drug-likeness (QED) is 0.161. The summed E-state index contributed by atoms with van der Waals surface area (Å²) in [6.07, 6.45) is -7.08. The van der Waals surface area contributed by atoms with E-state index < -0.39 is 70.9 Å². The van der Waals surface area contributed by atoms with Gasteiger partial charge in [0.15, 0.2) is 16.2 Å². The zero-order valence-electron chi connectivity index (χ0n) is 25.7. The molecule has 2 aromatic carbocycles. The van der Waals surface area contributed by atoms with Crippen LogP contribution >= 0.6 is 0 Å². The standard InChI is InChI=1S/C31H47N3O9S/c1-5-7-13-31(6-2)17-44(41,42)23-12-11-20(34(3)4)15-21(23)24(28(31)39)18-9-8-10-19(14-18)32-30(40)33-29-27(38)26(37)25(36)22(16-35)43-29/h8-12,14-15,22,24-30,32-33,35-40H,5-7,13,16-17H2,1-4H3/t22-,24-,25-,26+,27-,28-,29?,30?,31-/m1/s1. The number of aliphatic hydroxyl groups excluding tert-OH is 6. The van der Waals surface area contributed by atoms with Crippen molar-refractivity contribution >= 4 is 21.2 Å². The highest BCUT2D eigenvalue weighted by Gasteiger charge is 2.49. The summed E-state index contributed by atoms with van der Waals surface area (Å²) in [4.78, 5) is 2.08. The van der Waals surface area contributed by atoms with Crippen molar-refractivity contribution in [3.05, 3.63) is 53.6 Å². The first-order chi connectivity index (χ1) is 20.8. The van der Waals surface area contributed by atoms with Crippen LogP contribution in [0.5, 0.6) is 0 Å². The highest BCUT2D eigenvalue weighted by atomic mass is 32.2. The van der Waals surface area contributed by atoms with Gasteiger partial charge in [0.1, 0.15) is 30.6 Å². The molecule has 9 atom stereocenters. The minimum Gasteiger partial charge on any atom is -0.394 e. The lowest BCUT2D eigenvalue weighted by Crippen LogP contribution is -2.64. The van der Waals surface area contributed by atoms with E-state index in [0.717, 1.165) is 18.5 Å². The van der Waals surface area contributed by atoms with E-state index in [-0.39, 0.29) is 10.6 Å². The van der Waals surface area contributed by atoms with Crippen LogP contribution in [0, 0.1) is 5.41 Å². The minimum atomic E-state index is -3.75. The SMILES string of the molecule is CCCC[C@]1(CC)CS(=O)(=O)c2ccc(N(C)C)cc2[C@@H](c2cccc(NC(O)NC3O[C@H](CO)[C@@H](O)[C@H](O)[C@H]3O)c2)[C@H]1O. The van der Waals surface area contributed by atoms with Crippen LogP contribution in [0.3, 0.4) is 0 Å². The van der Waals surface area contributed by atoms with Gasteiger partial charge in [0.05, 0.1) is 23.4 Å². The Morgan fingerprint density at radius 2 is 1.77 bits per heavy atom. The molecule has 0 bridgehead atoms. The number of ether oxygens (including phenoxy) is 1. The zero-order chi connectivity index (χ0) is 32.4. The molecule has 2 aromatic rings. The molecule has 0 saturated carbocycles. The van der Waals surface area contributed by atoms with Crippen LogP contribution < -0.4 is 15.5 Å². The topological polar surface area (TPSA) is 192 Å². The Bertz CT molecular complexity index is 1370. The van der Waals surface area contributed by atoms with Crippen LogP contribution in [-0.2, 0) is 14.6 Å². The van der Waals surface area contributed by atoms with Gasteiger partial charge in [-0.2, -0.15) is 0 Å². The Morgan fingerprint density at radius 1 is 1.05 bits per heavy atom. The highest BCUT2D eigenvalue weighted by Crippen LogP contribution is 2.49. The van der Waals surface area contributed by atoms with Gasteiger partial charge in [0.2, 0.25) is 0 Å². The van der Waals surface area contributed by atoms with E-state index in [1.807, 2.05) is 45.0 Å². The predicted molar refractivity (Wildman–Crippen MR) is 166 cm³/mol. The van der Waals surface area contributed by atoms with Crippen molar-refractivity contribution in [1.82, 2.24) is 5.32 Å². The van der Waals surface area contributed by atoms with Gasteiger partial charge in [-0.15, -0.1) is 0 Å². The van der Waals surface area contributed by atoms with Gasteiger partial charge in [-0.1, -0.05) is 38.8 Å². The smallest absolute Gasteiger partial charge is 0.183 e. The molecule has 0 spiro atoms. The minimum absolute atomic E-state index is 0.165. The number of nitrogens with one attached hydrogen (secondary N) is 2. The van der Waals surface area contributed by atoms with Crippen LogP contribution in [0.25, 0.3) is 0 Å². The summed E-state index contributed by atoms with van der Waals surface area (Å²) in [5, 5.41) is 68.3. The van der Waals surface area contributed by atoms with Gasteiger partial charge in [-0.25, -0.2) is 13.7 Å². The maximum absolute atomic E-state index is 13.9. The molecule has 13 heteroatoms. The van der Waals surface area contributed by atoms with E-state index in [4.69, 9.17) is 4.74 Å². The average Bonchev–Trinajstić information content (AvgIpc) is 3.06. The van der Waals surface area contributed by atoms with E-state index in [1.165, 1.54) is 0 Å². The second kappa shape index (κ2) is 14.0. The molecule has 2 heterocycles. The maximum atomic E-state index is 13.9. The molecule has 1 fully saturated rings. The number of sulfone groups is 1. The number of hydrogen-bond acceptors (Lipinski definition) is 12. The van der Waals surface area contributed by atoms with Crippen LogP contribution in [0.1, 0.15) is 56.6 Å². The van der Waals surface area contributed by atoms with Crippen molar-refractivity contribution in [2.24, 2.45) is 5.41 Å². The van der Waals surface area contributed by atoms with Crippen molar-refractivity contribution in [2.75, 3.05) is 36.7 Å². The van der Waals surface area contributed by atoms with Crippen molar-refractivity contribution in [1.29, 1.82) is 0 Å². The highest BCUT2D eigenvalue weighted by molar-refractivity contribution is 7.91. The zero-order valence-corrected chi connectivity index (χ0v) is 26.5. The number of fused-ring (bicyclic) bond motifs is 1. The van der Waals surface area contributed by atoms with E-state index in [9.17, 15) is 39.1 Å². The van der Waals surface area contributed by atoms with Gasteiger partial charge in [-0.3, -0.25) is 0 Å². The average molecular weight is 638 g/mol. The van der Waals surface area contributed by atoms with E-state index in [1.54, 1.807) is 30.3 Å². The summed E-state index contributed by atoms with van der Waals surface area (Å²) in [5.41, 5.74) is 1.48. The molecule has 0 aromatic heterocycles. The Balaban J connectivity index is 1.71. The third-order valence-corrected chi connectivity index (χ3v) is 11.1. The fourth-order valence-electron chi connectivity index (χ4n) is 6.42. The second-order valence-electron chi connectivity index (χ2n) is 12.2. The third-order valence-electron chi connectivity index (χ3n) is 9.10. The summed E-state index contributed by atoms with van der Waals surface area (Å²) < 4.78 is 33.2. The summed E-state index contributed by atoms with van der Waals surface area (Å²) in [6.45, 7) is 3.35. The number of unbranched alkanes of at least 4 members (excludes halogenated alkanes) is 1. The van der Waals surface area contributed by atoms with Crippen molar-refractivity contribution in [2.45, 2.75) is 93.4 Å². The number of nitrogens with zero attached hydrogens (tertiary/aromatic N) is 1. The Morgan fingerprint density at radius 3 is 2.41 bits per heavy atom. The number of benzene rings is 2. The molecular weight excluding hydrogens is 590 g/mol. The fourth-order valence-corrected chi connectivity index (χ4v) is 8.67. The number of rotatable bonds is 11. The van der Waals surface area contributed by atoms with Crippen LogP contribution in [0.2, 0.25) is 0 Å². The summed E-state index contributed by atoms with van der Waals surface area (Å²) in [5.74, 6) is -0.862. The maximum Gasteiger partial charge on any atom is 0.183 e. The molecule has 4 rings (SSSR count). The van der Waals surface area contributed by atoms with Crippen LogP contribution in [-0.4, -0.2) is 109 Å². The first kappa shape index (κ1) is 34.5. The lowest BCUT2D eigenvalue weighted by atomic mass is 9.69. The normalized spacial score (nSPS) is 32.4. The largest absolute Gasteiger partial charge is 0.394 e. The molecule has 44 heavy (non-hydrogen) atoms. The number of anilines is 2. The van der Waals surface area contributed by atoms with E-state index >= 15 is 0 Å². The Labute approximate surface area is 259 Å². The van der Waals surface area contributed by atoms with Gasteiger partial charge in [0.25, 0.3) is 0 Å². The Kier molecular flexibility index (Phi) is 11.0. The summed E-state index contributed by atoms with van der Waals surface area (Å²) in [7, 11) is -0.0179. The Hall–Kier alpha value is -2.33. The number of aliphatic hydroxyl groups is 6. The van der Waals surface area contributed by atoms with Gasteiger partial charge in [-0.05, 0) is 54.3 Å². The molecule has 1 saturated heterocycles. The lowest BCUT2D eigenvalue weighted by molar-refractivity contribution is -0.241. The first-order valence-electron chi connectivity index (χ1n) is 15.1. The van der Waals surface area contributed by atoms with E-state index in [0.29, 0.717) is 29.7 Å². The summed E-state index contributed by atoms with van der Waals surface area (Å²) in [6, 6.07) is 12.2. The lowest BCUT2D eigenvalue weighted by Gasteiger charge is -2.41. The number of hydrogen-bond donors (Lipinski definition) is 8. The molecule has 2 aliphatic heterocycles. The van der Waals surface area contributed by atoms with Gasteiger partial charge < -0.3 is 45.6 Å². The molecule has 0 radical (unpaired) electrons.